The Kier molecular flexibility index (Phi) is 5.88. The Bertz CT molecular complexity index is 459. The molecule has 1 aromatic carbocycles. The Labute approximate surface area is 121 Å². The Morgan fingerprint density at radius 3 is 2.80 bits per heavy atom. The molecule has 108 valence electrons. The van der Waals surface area contributed by atoms with Gasteiger partial charge in [-0.15, -0.1) is 12.3 Å². The average molecular weight is 274 g/mol. The van der Waals surface area contributed by atoms with Crippen LogP contribution in [0.15, 0.2) is 18.2 Å². The normalized spacial score (nSPS) is 14.5. The zero-order chi connectivity index (χ0) is 14.2. The smallest absolute Gasteiger partial charge is 0.129 e. The Hall–Kier alpha value is -1.53. The second-order valence-electron chi connectivity index (χ2n) is 5.27. The summed E-state index contributed by atoms with van der Waals surface area (Å²) < 4.78 is 14.0. The SMILES string of the molecule is C#CCCCCNCc1c(F)cccc1N1CCCC1. The fourth-order valence-electron chi connectivity index (χ4n) is 2.67. The van der Waals surface area contributed by atoms with E-state index in [1.54, 1.807) is 12.1 Å². The molecule has 0 radical (unpaired) electrons. The summed E-state index contributed by atoms with van der Waals surface area (Å²) in [5.74, 6) is 2.53. The fourth-order valence-corrected chi connectivity index (χ4v) is 2.67. The van der Waals surface area contributed by atoms with Crippen LogP contribution in [-0.4, -0.2) is 19.6 Å². The molecule has 1 N–H and O–H groups in total. The molecule has 1 fully saturated rings. The van der Waals surface area contributed by atoms with Crippen molar-refractivity contribution in [3.8, 4) is 12.3 Å². The molecule has 1 aliphatic rings. The number of anilines is 1. The van der Waals surface area contributed by atoms with Crippen LogP contribution in [-0.2, 0) is 6.54 Å². The van der Waals surface area contributed by atoms with E-state index in [2.05, 4.69) is 16.1 Å². The summed E-state index contributed by atoms with van der Waals surface area (Å²) >= 11 is 0. The van der Waals surface area contributed by atoms with Gasteiger partial charge in [-0.05, 0) is 44.4 Å². The third-order valence-electron chi connectivity index (χ3n) is 3.77. The first kappa shape index (κ1) is 14.9. The summed E-state index contributed by atoms with van der Waals surface area (Å²) in [6, 6.07) is 5.39. The molecule has 2 rings (SSSR count). The Morgan fingerprint density at radius 1 is 1.25 bits per heavy atom. The number of hydrogen-bond acceptors (Lipinski definition) is 2. The highest BCUT2D eigenvalue weighted by atomic mass is 19.1. The third kappa shape index (κ3) is 3.98. The largest absolute Gasteiger partial charge is 0.371 e. The van der Waals surface area contributed by atoms with Crippen LogP contribution in [0.3, 0.4) is 0 Å². The van der Waals surface area contributed by atoms with E-state index in [9.17, 15) is 4.39 Å². The molecule has 0 amide bonds. The van der Waals surface area contributed by atoms with Gasteiger partial charge in [-0.2, -0.15) is 0 Å². The van der Waals surface area contributed by atoms with Crippen LogP contribution in [0.5, 0.6) is 0 Å². The molecule has 1 aliphatic heterocycles. The predicted octanol–water partition coefficient (Wildman–Crippen LogP) is 3.32. The van der Waals surface area contributed by atoms with Crippen molar-refractivity contribution in [2.45, 2.75) is 38.6 Å². The van der Waals surface area contributed by atoms with Gasteiger partial charge in [0.15, 0.2) is 0 Å². The number of rotatable bonds is 7. The lowest BCUT2D eigenvalue weighted by molar-refractivity contribution is 0.576. The van der Waals surface area contributed by atoms with Gasteiger partial charge in [0.25, 0.3) is 0 Å². The highest BCUT2D eigenvalue weighted by Gasteiger charge is 2.17. The maximum Gasteiger partial charge on any atom is 0.129 e. The van der Waals surface area contributed by atoms with Crippen molar-refractivity contribution in [2.24, 2.45) is 0 Å². The zero-order valence-electron chi connectivity index (χ0n) is 12.0. The Balaban J connectivity index is 1.91. The van der Waals surface area contributed by atoms with E-state index in [-0.39, 0.29) is 5.82 Å². The highest BCUT2D eigenvalue weighted by Crippen LogP contribution is 2.26. The number of unbranched alkanes of at least 4 members (excludes halogenated alkanes) is 2. The van der Waals surface area contributed by atoms with Gasteiger partial charge in [-0.1, -0.05) is 6.07 Å². The quantitative estimate of drug-likeness (QED) is 0.606. The van der Waals surface area contributed by atoms with Gasteiger partial charge in [0.05, 0.1) is 0 Å². The van der Waals surface area contributed by atoms with Gasteiger partial charge in [-0.25, -0.2) is 4.39 Å². The van der Waals surface area contributed by atoms with E-state index >= 15 is 0 Å². The third-order valence-corrected chi connectivity index (χ3v) is 3.77. The minimum Gasteiger partial charge on any atom is -0.371 e. The minimum atomic E-state index is -0.106. The van der Waals surface area contributed by atoms with Crippen molar-refractivity contribution in [3.63, 3.8) is 0 Å². The molecule has 0 spiro atoms. The molecule has 2 nitrogen and oxygen atoms in total. The number of nitrogens with one attached hydrogen (secondary N) is 1. The lowest BCUT2D eigenvalue weighted by atomic mass is 10.1. The topological polar surface area (TPSA) is 15.3 Å². The fraction of sp³-hybridized carbons (Fsp3) is 0.529. The molecule has 3 heteroatoms. The van der Waals surface area contributed by atoms with E-state index in [1.165, 1.54) is 12.8 Å². The highest BCUT2D eigenvalue weighted by molar-refractivity contribution is 5.54. The van der Waals surface area contributed by atoms with Crippen LogP contribution >= 0.6 is 0 Å². The van der Waals surface area contributed by atoms with Crippen LogP contribution in [0.2, 0.25) is 0 Å². The number of hydrogen-bond donors (Lipinski definition) is 1. The summed E-state index contributed by atoms with van der Waals surface area (Å²) in [4.78, 5) is 2.29. The zero-order valence-corrected chi connectivity index (χ0v) is 12.0. The monoisotopic (exact) mass is 274 g/mol. The number of nitrogens with zero attached hydrogens (tertiary/aromatic N) is 1. The summed E-state index contributed by atoms with van der Waals surface area (Å²) in [6.45, 7) is 3.56. The van der Waals surface area contributed by atoms with Crippen molar-refractivity contribution in [3.05, 3.63) is 29.6 Å². The molecule has 0 unspecified atom stereocenters. The molecule has 0 saturated carbocycles. The van der Waals surface area contributed by atoms with Crippen LogP contribution in [0.4, 0.5) is 10.1 Å². The van der Waals surface area contributed by atoms with Gasteiger partial charge in [0.1, 0.15) is 5.82 Å². The van der Waals surface area contributed by atoms with Gasteiger partial charge in [0.2, 0.25) is 0 Å². The first-order chi connectivity index (χ1) is 9.83. The van der Waals surface area contributed by atoms with Crippen molar-refractivity contribution in [2.75, 3.05) is 24.5 Å². The molecular weight excluding hydrogens is 251 g/mol. The second-order valence-corrected chi connectivity index (χ2v) is 5.27. The predicted molar refractivity (Wildman–Crippen MR) is 82.2 cm³/mol. The van der Waals surface area contributed by atoms with Gasteiger partial charge in [0, 0.05) is 37.3 Å². The minimum absolute atomic E-state index is 0.106. The van der Waals surface area contributed by atoms with E-state index in [0.29, 0.717) is 6.54 Å². The van der Waals surface area contributed by atoms with Crippen molar-refractivity contribution in [1.82, 2.24) is 5.32 Å². The van der Waals surface area contributed by atoms with Crippen molar-refractivity contribution < 1.29 is 4.39 Å². The van der Waals surface area contributed by atoms with Crippen LogP contribution in [0.1, 0.15) is 37.7 Å². The summed E-state index contributed by atoms with van der Waals surface area (Å²) in [6.07, 6.45) is 10.5. The molecule has 1 heterocycles. The second kappa shape index (κ2) is 7.91. The maximum absolute atomic E-state index is 14.0. The molecule has 1 aromatic rings. The summed E-state index contributed by atoms with van der Waals surface area (Å²) in [5, 5.41) is 3.33. The Morgan fingerprint density at radius 2 is 2.05 bits per heavy atom. The van der Waals surface area contributed by atoms with Crippen LogP contribution in [0, 0.1) is 18.2 Å². The van der Waals surface area contributed by atoms with Gasteiger partial charge < -0.3 is 10.2 Å². The van der Waals surface area contributed by atoms with Gasteiger partial charge in [-0.3, -0.25) is 0 Å². The summed E-state index contributed by atoms with van der Waals surface area (Å²) in [5.41, 5.74) is 1.85. The van der Waals surface area contributed by atoms with Crippen molar-refractivity contribution in [1.29, 1.82) is 0 Å². The van der Waals surface area contributed by atoms with E-state index < -0.39 is 0 Å². The van der Waals surface area contributed by atoms with E-state index in [4.69, 9.17) is 6.42 Å². The average Bonchev–Trinajstić information content (AvgIpc) is 2.98. The lowest BCUT2D eigenvalue weighted by Crippen LogP contribution is -2.23. The molecule has 0 atom stereocenters. The summed E-state index contributed by atoms with van der Waals surface area (Å²) in [7, 11) is 0. The van der Waals surface area contributed by atoms with Crippen LogP contribution < -0.4 is 10.2 Å². The maximum atomic E-state index is 14.0. The molecule has 0 aromatic heterocycles. The molecule has 0 bridgehead atoms. The molecule has 0 aliphatic carbocycles. The standard InChI is InChI=1S/C17H23FN2/c1-2-3-4-5-11-19-14-15-16(18)9-8-10-17(15)20-12-6-7-13-20/h1,8-10,19H,3-7,11-14H2. The van der Waals surface area contributed by atoms with Crippen molar-refractivity contribution >= 4 is 5.69 Å². The first-order valence-electron chi connectivity index (χ1n) is 7.49. The van der Waals surface area contributed by atoms with E-state index in [0.717, 1.165) is 50.1 Å². The van der Waals surface area contributed by atoms with Gasteiger partial charge >= 0.3 is 0 Å². The first-order valence-corrected chi connectivity index (χ1v) is 7.49. The number of benzene rings is 1. The molecule has 1 saturated heterocycles. The lowest BCUT2D eigenvalue weighted by Gasteiger charge is -2.22. The van der Waals surface area contributed by atoms with Crippen LogP contribution in [0.25, 0.3) is 0 Å². The molecular formula is C17H23FN2. The number of halogens is 1. The number of terminal acetylenes is 1. The van der Waals surface area contributed by atoms with E-state index in [1.807, 2.05) is 6.07 Å². The molecule has 20 heavy (non-hydrogen) atoms.